The fourth-order valence-electron chi connectivity index (χ4n) is 4.29. The first-order chi connectivity index (χ1) is 16.2. The van der Waals surface area contributed by atoms with Gasteiger partial charge in [-0.3, -0.25) is 4.98 Å². The molecule has 2 N–H and O–H groups in total. The summed E-state index contributed by atoms with van der Waals surface area (Å²) in [5.74, 6) is 1.06. The van der Waals surface area contributed by atoms with E-state index in [0.717, 1.165) is 28.5 Å². The Morgan fingerprint density at radius 2 is 1.73 bits per heavy atom. The summed E-state index contributed by atoms with van der Waals surface area (Å²) in [6.45, 7) is 2.59. The topological polar surface area (TPSA) is 62.5 Å². The third-order valence-corrected chi connectivity index (χ3v) is 6.05. The third-order valence-electron chi connectivity index (χ3n) is 5.74. The van der Waals surface area contributed by atoms with E-state index in [1.54, 1.807) is 18.3 Å². The molecule has 1 aliphatic rings. The summed E-state index contributed by atoms with van der Waals surface area (Å²) < 4.78 is 7.75. The molecule has 33 heavy (non-hydrogen) atoms. The molecule has 1 fully saturated rings. The Morgan fingerprint density at radius 3 is 2.42 bits per heavy atom. The highest BCUT2D eigenvalue weighted by atomic mass is 32.1. The summed E-state index contributed by atoms with van der Waals surface area (Å²) in [5, 5.41) is 13.9. The number of phenols is 1. The van der Waals surface area contributed by atoms with Crippen molar-refractivity contribution in [3.8, 4) is 17.2 Å². The van der Waals surface area contributed by atoms with E-state index in [0.29, 0.717) is 11.7 Å². The number of phenolic OH excluding ortho intramolecular Hbond substituents is 1. The van der Waals surface area contributed by atoms with Gasteiger partial charge in [0.1, 0.15) is 17.5 Å². The first-order valence-electron chi connectivity index (χ1n) is 10.9. The number of ether oxygens (including phenoxy) is 1. The summed E-state index contributed by atoms with van der Waals surface area (Å²) in [6.07, 6.45) is 3.82. The van der Waals surface area contributed by atoms with Crippen LogP contribution in [0.5, 0.6) is 11.5 Å². The van der Waals surface area contributed by atoms with Gasteiger partial charge in [0, 0.05) is 29.5 Å². The molecule has 0 aliphatic carbocycles. The first-order valence-corrected chi connectivity index (χ1v) is 11.3. The van der Waals surface area contributed by atoms with Gasteiger partial charge in [0.15, 0.2) is 5.11 Å². The maximum atomic E-state index is 9.75. The van der Waals surface area contributed by atoms with Crippen LogP contribution in [0.15, 0.2) is 91.3 Å². The molecule has 0 radical (unpaired) electrons. The number of hydrogen-bond acceptors (Lipinski definition) is 4. The van der Waals surface area contributed by atoms with E-state index in [-0.39, 0.29) is 17.8 Å². The summed E-state index contributed by atoms with van der Waals surface area (Å²) in [6, 6.07) is 24.9. The number of rotatable bonds is 6. The second kappa shape index (κ2) is 8.96. The minimum atomic E-state index is -0.144. The van der Waals surface area contributed by atoms with Gasteiger partial charge in [0.05, 0.1) is 18.3 Å². The number of nitrogens with zero attached hydrogens (tertiary/aromatic N) is 3. The van der Waals surface area contributed by atoms with Gasteiger partial charge in [0.25, 0.3) is 0 Å². The molecule has 7 heteroatoms. The quantitative estimate of drug-likeness (QED) is 0.391. The Kier molecular flexibility index (Phi) is 5.71. The Labute approximate surface area is 198 Å². The highest BCUT2D eigenvalue weighted by Gasteiger charge is 2.42. The van der Waals surface area contributed by atoms with Crippen molar-refractivity contribution >= 4 is 23.0 Å². The maximum absolute atomic E-state index is 9.75. The largest absolute Gasteiger partial charge is 0.508 e. The molecule has 0 unspecified atom stereocenters. The van der Waals surface area contributed by atoms with Gasteiger partial charge in [-0.2, -0.15) is 0 Å². The highest BCUT2D eigenvalue weighted by molar-refractivity contribution is 7.80. The SMILES string of the molecule is CCOc1ccc(N2C(=S)N[C@H](c3ccccn3)[C@H]2c2cccn2-c2ccc(O)cc2)cc1. The van der Waals surface area contributed by atoms with Gasteiger partial charge < -0.3 is 24.6 Å². The van der Waals surface area contributed by atoms with Crippen LogP contribution in [0.1, 0.15) is 30.4 Å². The number of aromatic nitrogens is 2. The van der Waals surface area contributed by atoms with E-state index in [2.05, 4.69) is 25.8 Å². The molecule has 0 amide bonds. The molecule has 1 aliphatic heterocycles. The van der Waals surface area contributed by atoms with Gasteiger partial charge >= 0.3 is 0 Å². The molecule has 0 saturated carbocycles. The number of benzene rings is 2. The fraction of sp³-hybridized carbons (Fsp3) is 0.154. The normalized spacial score (nSPS) is 17.7. The van der Waals surface area contributed by atoms with Crippen molar-refractivity contribution in [1.82, 2.24) is 14.9 Å². The van der Waals surface area contributed by atoms with Crippen molar-refractivity contribution < 1.29 is 9.84 Å². The Hall–Kier alpha value is -3.84. The van der Waals surface area contributed by atoms with Crippen LogP contribution in [0.25, 0.3) is 5.69 Å². The van der Waals surface area contributed by atoms with Crippen molar-refractivity contribution in [3.63, 3.8) is 0 Å². The minimum Gasteiger partial charge on any atom is -0.508 e. The standard InChI is InChI=1S/C26H24N4O2S/c1-2-32-21-14-10-19(11-15-21)30-25(24(28-26(30)33)22-6-3-4-16-27-22)23-7-5-17-29(23)18-8-12-20(31)13-9-18/h3-17,24-25,31H,2H2,1H3,(H,28,33)/t24-,25-/m1/s1. The third kappa shape index (κ3) is 4.03. The number of thiocarbonyl (C=S) groups is 1. The number of aromatic hydroxyl groups is 1. The highest BCUT2D eigenvalue weighted by Crippen LogP contribution is 2.42. The molecule has 1 saturated heterocycles. The molecule has 2 aromatic heterocycles. The predicted molar refractivity (Wildman–Crippen MR) is 133 cm³/mol. The Morgan fingerprint density at radius 1 is 0.970 bits per heavy atom. The lowest BCUT2D eigenvalue weighted by atomic mass is 10.0. The average Bonchev–Trinajstić information content (AvgIpc) is 3.45. The summed E-state index contributed by atoms with van der Waals surface area (Å²) >= 11 is 5.83. The van der Waals surface area contributed by atoms with E-state index in [9.17, 15) is 5.11 Å². The number of nitrogens with one attached hydrogen (secondary N) is 1. The van der Waals surface area contributed by atoms with E-state index in [1.807, 2.05) is 73.8 Å². The van der Waals surface area contributed by atoms with Crippen molar-refractivity contribution in [3.05, 3.63) is 103 Å². The summed E-state index contributed by atoms with van der Waals surface area (Å²) in [5.41, 5.74) is 3.89. The maximum Gasteiger partial charge on any atom is 0.174 e. The monoisotopic (exact) mass is 456 g/mol. The molecule has 166 valence electrons. The zero-order valence-electron chi connectivity index (χ0n) is 18.1. The molecule has 6 nitrogen and oxygen atoms in total. The zero-order chi connectivity index (χ0) is 22.8. The van der Waals surface area contributed by atoms with Gasteiger partial charge in [0.2, 0.25) is 0 Å². The lowest BCUT2D eigenvalue weighted by Gasteiger charge is -2.29. The van der Waals surface area contributed by atoms with Crippen LogP contribution in [0.4, 0.5) is 5.69 Å². The Balaban J connectivity index is 1.62. The fourth-order valence-corrected chi connectivity index (χ4v) is 4.63. The molecule has 0 spiro atoms. The molecule has 2 atom stereocenters. The summed E-state index contributed by atoms with van der Waals surface area (Å²) in [7, 11) is 0. The molecular weight excluding hydrogens is 432 g/mol. The van der Waals surface area contributed by atoms with Crippen LogP contribution in [0, 0.1) is 0 Å². The first kappa shape index (κ1) is 21.0. The number of pyridine rings is 1. The molecular formula is C26H24N4O2S. The van der Waals surface area contributed by atoms with E-state index in [4.69, 9.17) is 17.0 Å². The number of anilines is 1. The molecule has 3 heterocycles. The van der Waals surface area contributed by atoms with Crippen LogP contribution in [0.2, 0.25) is 0 Å². The summed E-state index contributed by atoms with van der Waals surface area (Å²) in [4.78, 5) is 6.76. The molecule has 5 rings (SSSR count). The van der Waals surface area contributed by atoms with Crippen molar-refractivity contribution in [1.29, 1.82) is 0 Å². The van der Waals surface area contributed by atoms with E-state index in [1.165, 1.54) is 0 Å². The van der Waals surface area contributed by atoms with Gasteiger partial charge in [-0.05, 0) is 91.9 Å². The van der Waals surface area contributed by atoms with E-state index >= 15 is 0 Å². The van der Waals surface area contributed by atoms with Gasteiger partial charge in [-0.15, -0.1) is 0 Å². The van der Waals surface area contributed by atoms with Crippen molar-refractivity contribution in [2.75, 3.05) is 11.5 Å². The smallest absolute Gasteiger partial charge is 0.174 e. The van der Waals surface area contributed by atoms with Crippen LogP contribution >= 0.6 is 12.2 Å². The van der Waals surface area contributed by atoms with Crippen molar-refractivity contribution in [2.45, 2.75) is 19.0 Å². The average molecular weight is 457 g/mol. The van der Waals surface area contributed by atoms with Crippen LogP contribution < -0.4 is 15.0 Å². The van der Waals surface area contributed by atoms with Crippen LogP contribution in [-0.4, -0.2) is 26.4 Å². The van der Waals surface area contributed by atoms with Gasteiger partial charge in [-0.1, -0.05) is 6.07 Å². The molecule has 4 aromatic rings. The lowest BCUT2D eigenvalue weighted by molar-refractivity contribution is 0.340. The lowest BCUT2D eigenvalue weighted by Crippen LogP contribution is -2.30. The minimum absolute atomic E-state index is 0.143. The zero-order valence-corrected chi connectivity index (χ0v) is 18.9. The van der Waals surface area contributed by atoms with Crippen LogP contribution in [-0.2, 0) is 0 Å². The Bertz CT molecular complexity index is 1240. The molecule has 2 aromatic carbocycles. The second-order valence-electron chi connectivity index (χ2n) is 7.74. The van der Waals surface area contributed by atoms with E-state index < -0.39 is 0 Å². The van der Waals surface area contributed by atoms with Crippen LogP contribution in [0.3, 0.4) is 0 Å². The number of hydrogen-bond donors (Lipinski definition) is 2. The second-order valence-corrected chi connectivity index (χ2v) is 8.13. The van der Waals surface area contributed by atoms with Gasteiger partial charge in [-0.25, -0.2) is 0 Å². The van der Waals surface area contributed by atoms with Crippen molar-refractivity contribution in [2.24, 2.45) is 0 Å². The molecule has 0 bridgehead atoms. The predicted octanol–water partition coefficient (Wildman–Crippen LogP) is 5.15.